The van der Waals surface area contributed by atoms with Crippen LogP contribution in [0.1, 0.15) is 18.4 Å². The summed E-state index contributed by atoms with van der Waals surface area (Å²) in [6, 6.07) is 10.6. The van der Waals surface area contributed by atoms with E-state index in [-0.39, 0.29) is 18.7 Å². The number of amides is 2. The molecule has 0 fully saturated rings. The highest BCUT2D eigenvalue weighted by atomic mass is 16.6. The van der Waals surface area contributed by atoms with Crippen molar-refractivity contribution in [3.05, 3.63) is 58.1 Å². The van der Waals surface area contributed by atoms with Crippen LogP contribution in [0.15, 0.2) is 47.6 Å². The molecule has 0 aliphatic heterocycles. The number of carbonyl (C=O) groups is 2. The normalized spacial score (nSPS) is 10.5. The van der Waals surface area contributed by atoms with Crippen LogP contribution in [0.2, 0.25) is 0 Å². The van der Waals surface area contributed by atoms with Crippen molar-refractivity contribution in [2.45, 2.75) is 12.8 Å². The molecule has 0 bridgehead atoms. The number of nitro groups is 1. The first-order valence-corrected chi connectivity index (χ1v) is 8.13. The number of nitro benzene ring substituents is 1. The molecule has 146 valence electrons. The van der Waals surface area contributed by atoms with Gasteiger partial charge in [0.05, 0.1) is 23.9 Å². The molecule has 0 spiro atoms. The van der Waals surface area contributed by atoms with Crippen molar-refractivity contribution >= 4 is 29.4 Å². The average molecular weight is 386 g/mol. The highest BCUT2D eigenvalue weighted by Crippen LogP contribution is 2.25. The van der Waals surface area contributed by atoms with Crippen LogP contribution in [0.25, 0.3) is 0 Å². The van der Waals surface area contributed by atoms with Gasteiger partial charge in [-0.15, -0.1) is 0 Å². The summed E-state index contributed by atoms with van der Waals surface area (Å²) in [6.07, 6.45) is 1.03. The van der Waals surface area contributed by atoms with Gasteiger partial charge in [-0.25, -0.2) is 5.43 Å². The van der Waals surface area contributed by atoms with E-state index in [0.29, 0.717) is 17.0 Å². The first-order valence-electron chi connectivity index (χ1n) is 8.13. The van der Waals surface area contributed by atoms with Crippen molar-refractivity contribution in [1.29, 1.82) is 0 Å². The predicted molar refractivity (Wildman–Crippen MR) is 101 cm³/mol. The molecule has 2 amide bonds. The fourth-order valence-corrected chi connectivity index (χ4v) is 2.19. The van der Waals surface area contributed by atoms with E-state index >= 15 is 0 Å². The van der Waals surface area contributed by atoms with Crippen LogP contribution in [0.5, 0.6) is 11.5 Å². The monoisotopic (exact) mass is 386 g/mol. The Balaban J connectivity index is 1.82. The number of benzene rings is 2. The number of hydrazone groups is 1. The highest BCUT2D eigenvalue weighted by Gasteiger charge is 2.13. The van der Waals surface area contributed by atoms with Gasteiger partial charge >= 0.3 is 5.69 Å². The second kappa shape index (κ2) is 9.67. The number of nitrogens with one attached hydrogen (secondary N) is 2. The molecule has 0 aromatic heterocycles. The van der Waals surface area contributed by atoms with Crippen molar-refractivity contribution in [3.8, 4) is 11.5 Å². The van der Waals surface area contributed by atoms with Crippen LogP contribution in [-0.2, 0) is 9.59 Å². The Labute approximate surface area is 160 Å². The van der Waals surface area contributed by atoms with Crippen LogP contribution in [-0.4, -0.2) is 35.2 Å². The number of aromatic hydroxyl groups is 1. The lowest BCUT2D eigenvalue weighted by Gasteiger charge is -2.09. The van der Waals surface area contributed by atoms with Crippen LogP contribution in [0.4, 0.5) is 11.4 Å². The third kappa shape index (κ3) is 5.80. The van der Waals surface area contributed by atoms with E-state index in [4.69, 9.17) is 4.74 Å². The van der Waals surface area contributed by atoms with Gasteiger partial charge in [0.1, 0.15) is 5.75 Å². The van der Waals surface area contributed by atoms with E-state index in [1.54, 1.807) is 24.3 Å². The molecule has 2 aromatic carbocycles. The zero-order valence-electron chi connectivity index (χ0n) is 14.9. The van der Waals surface area contributed by atoms with Crippen molar-refractivity contribution in [2.24, 2.45) is 5.10 Å². The molecule has 0 aliphatic rings. The maximum atomic E-state index is 11.9. The number of rotatable bonds is 8. The van der Waals surface area contributed by atoms with Crippen molar-refractivity contribution in [1.82, 2.24) is 5.43 Å². The summed E-state index contributed by atoms with van der Waals surface area (Å²) in [5.74, 6) is -0.822. The molecule has 2 aromatic rings. The maximum Gasteiger partial charge on any atom is 0.311 e. The number of hydrogen-bond acceptors (Lipinski definition) is 7. The molecular formula is C18H18N4O6. The summed E-state index contributed by atoms with van der Waals surface area (Å²) < 4.78 is 5.13. The lowest BCUT2D eigenvalue weighted by molar-refractivity contribution is -0.385. The molecule has 10 heteroatoms. The van der Waals surface area contributed by atoms with E-state index < -0.39 is 22.3 Å². The third-order valence-electron chi connectivity index (χ3n) is 3.56. The molecule has 10 nitrogen and oxygen atoms in total. The van der Waals surface area contributed by atoms with Crippen LogP contribution in [0, 0.1) is 10.1 Å². The molecule has 0 heterocycles. The largest absolute Gasteiger partial charge is 0.502 e. The molecule has 2 rings (SSSR count). The van der Waals surface area contributed by atoms with Crippen LogP contribution in [0.3, 0.4) is 0 Å². The van der Waals surface area contributed by atoms with Gasteiger partial charge in [-0.05, 0) is 24.3 Å². The van der Waals surface area contributed by atoms with Crippen molar-refractivity contribution in [2.75, 3.05) is 12.4 Å². The molecule has 0 saturated heterocycles. The zero-order valence-corrected chi connectivity index (χ0v) is 14.9. The summed E-state index contributed by atoms with van der Waals surface area (Å²) in [5, 5.41) is 26.5. The zero-order chi connectivity index (χ0) is 20.5. The van der Waals surface area contributed by atoms with Gasteiger partial charge in [0.2, 0.25) is 11.8 Å². The van der Waals surface area contributed by atoms with Gasteiger partial charge < -0.3 is 15.2 Å². The van der Waals surface area contributed by atoms with Crippen LogP contribution >= 0.6 is 0 Å². The summed E-state index contributed by atoms with van der Waals surface area (Å²) in [4.78, 5) is 33.7. The van der Waals surface area contributed by atoms with Gasteiger partial charge in [-0.3, -0.25) is 19.7 Å². The Hall–Kier alpha value is -3.95. The Morgan fingerprint density at radius 1 is 1.21 bits per heavy atom. The summed E-state index contributed by atoms with van der Waals surface area (Å²) in [5.41, 5.74) is 2.58. The van der Waals surface area contributed by atoms with Crippen molar-refractivity contribution in [3.63, 3.8) is 0 Å². The summed E-state index contributed by atoms with van der Waals surface area (Å²) >= 11 is 0. The van der Waals surface area contributed by atoms with E-state index in [2.05, 4.69) is 15.8 Å². The van der Waals surface area contributed by atoms with Gasteiger partial charge in [0, 0.05) is 24.5 Å². The Morgan fingerprint density at radius 2 is 1.93 bits per heavy atom. The number of methoxy groups -OCH3 is 1. The summed E-state index contributed by atoms with van der Waals surface area (Å²) in [6.45, 7) is 0. The molecule has 0 saturated carbocycles. The lowest BCUT2D eigenvalue weighted by atomic mass is 10.2. The first-order chi connectivity index (χ1) is 13.4. The lowest BCUT2D eigenvalue weighted by Crippen LogP contribution is -2.20. The Morgan fingerprint density at radius 3 is 2.64 bits per heavy atom. The minimum atomic E-state index is -0.731. The summed E-state index contributed by atoms with van der Waals surface area (Å²) in [7, 11) is 1.49. The smallest absolute Gasteiger partial charge is 0.311 e. The fraction of sp³-hybridized carbons (Fsp3) is 0.167. The molecular weight excluding hydrogens is 368 g/mol. The number of anilines is 1. The fourth-order valence-electron chi connectivity index (χ4n) is 2.19. The number of hydrogen-bond donors (Lipinski definition) is 3. The topological polar surface area (TPSA) is 143 Å². The van der Waals surface area contributed by atoms with Gasteiger partial charge in [-0.1, -0.05) is 12.1 Å². The number of phenolic OH excluding ortho intramolecular Hbond substituents is 1. The van der Waals surface area contributed by atoms with Gasteiger partial charge in [0.25, 0.3) is 0 Å². The molecule has 0 atom stereocenters. The Bertz CT molecular complexity index is 913. The van der Waals surface area contributed by atoms with E-state index in [9.17, 15) is 24.8 Å². The Kier molecular flexibility index (Phi) is 7.03. The number of phenols is 1. The number of carbonyl (C=O) groups excluding carboxylic acids is 2. The molecule has 0 unspecified atom stereocenters. The van der Waals surface area contributed by atoms with E-state index in [0.717, 1.165) is 12.1 Å². The predicted octanol–water partition coefficient (Wildman–Crippen LogP) is 2.18. The van der Waals surface area contributed by atoms with Crippen LogP contribution < -0.4 is 15.5 Å². The second-order valence-corrected chi connectivity index (χ2v) is 5.55. The average Bonchev–Trinajstić information content (AvgIpc) is 2.68. The van der Waals surface area contributed by atoms with E-state index in [1.165, 1.54) is 19.4 Å². The molecule has 0 aliphatic carbocycles. The SMILES string of the molecule is COc1ccccc1NC(=O)CCC(=O)N/N=C/c1ccc(O)c([N+](=O)[O-])c1. The highest BCUT2D eigenvalue weighted by molar-refractivity contribution is 5.94. The standard InChI is InChI=1S/C18H18N4O6/c1-28-16-5-3-2-4-13(16)20-17(24)8-9-18(25)21-19-11-12-6-7-15(23)14(10-12)22(26)27/h2-7,10-11,23H,8-9H2,1H3,(H,20,24)(H,21,25)/b19-11+. The maximum absolute atomic E-state index is 11.9. The van der Waals surface area contributed by atoms with Gasteiger partial charge in [-0.2, -0.15) is 5.10 Å². The van der Waals surface area contributed by atoms with Crippen molar-refractivity contribution < 1.29 is 24.4 Å². The third-order valence-corrected chi connectivity index (χ3v) is 3.56. The van der Waals surface area contributed by atoms with Gasteiger partial charge in [0.15, 0.2) is 5.75 Å². The number of ether oxygens (including phenoxy) is 1. The second-order valence-electron chi connectivity index (χ2n) is 5.55. The minimum Gasteiger partial charge on any atom is -0.502 e. The number of para-hydroxylation sites is 2. The molecule has 28 heavy (non-hydrogen) atoms. The first kappa shape index (κ1) is 20.4. The minimum absolute atomic E-state index is 0.0654. The number of nitrogens with zero attached hydrogens (tertiary/aromatic N) is 2. The van der Waals surface area contributed by atoms with E-state index in [1.807, 2.05) is 0 Å². The molecule has 3 N–H and O–H groups in total. The molecule has 0 radical (unpaired) electrons. The quantitative estimate of drug-likeness (QED) is 0.360.